The summed E-state index contributed by atoms with van der Waals surface area (Å²) < 4.78 is 0. The van der Waals surface area contributed by atoms with Gasteiger partial charge in [0.15, 0.2) is 0 Å². The fourth-order valence-electron chi connectivity index (χ4n) is 1.84. The highest BCUT2D eigenvalue weighted by atomic mass is 15.1. The lowest BCUT2D eigenvalue weighted by Gasteiger charge is -2.11. The normalized spacial score (nSPS) is 15.0. The summed E-state index contributed by atoms with van der Waals surface area (Å²) in [5.74, 6) is 0. The highest BCUT2D eigenvalue weighted by Crippen LogP contribution is 2.27. The summed E-state index contributed by atoms with van der Waals surface area (Å²) in [4.78, 5) is 2.33. The van der Waals surface area contributed by atoms with Crippen molar-refractivity contribution in [3.8, 4) is 0 Å². The maximum atomic E-state index is 2.35. The lowest BCUT2D eigenvalue weighted by molar-refractivity contribution is 0.955. The van der Waals surface area contributed by atoms with Crippen LogP contribution in [0, 0.1) is 0 Å². The molecule has 1 nitrogen and oxygen atoms in total. The molecule has 1 aromatic rings. The van der Waals surface area contributed by atoms with Crippen LogP contribution in [0.4, 0.5) is 5.69 Å². The first kappa shape index (κ1) is 7.66. The van der Waals surface area contributed by atoms with E-state index in [1.165, 1.54) is 29.8 Å². The number of rotatable bonds is 1. The van der Waals surface area contributed by atoms with Gasteiger partial charge in [-0.2, -0.15) is 0 Å². The average molecular weight is 161 g/mol. The molecule has 1 aliphatic rings. The van der Waals surface area contributed by atoms with Crippen LogP contribution in [0.1, 0.15) is 18.1 Å². The van der Waals surface area contributed by atoms with Crippen LogP contribution in [0.2, 0.25) is 0 Å². The van der Waals surface area contributed by atoms with Gasteiger partial charge in [0.25, 0.3) is 0 Å². The summed E-state index contributed by atoms with van der Waals surface area (Å²) in [5.41, 5.74) is 4.41. The van der Waals surface area contributed by atoms with Crippen molar-refractivity contribution in [2.24, 2.45) is 0 Å². The Hall–Kier alpha value is -0.980. The van der Waals surface area contributed by atoms with Gasteiger partial charge in [-0.05, 0) is 30.0 Å². The van der Waals surface area contributed by atoms with Gasteiger partial charge in [-0.3, -0.25) is 0 Å². The van der Waals surface area contributed by atoms with Crippen LogP contribution in [0.3, 0.4) is 0 Å². The van der Waals surface area contributed by atoms with Gasteiger partial charge >= 0.3 is 0 Å². The van der Waals surface area contributed by atoms with Crippen LogP contribution >= 0.6 is 0 Å². The molecule has 0 saturated heterocycles. The maximum Gasteiger partial charge on any atom is 0.0397 e. The molecule has 0 atom stereocenters. The first-order valence-corrected chi connectivity index (χ1v) is 4.64. The largest absolute Gasteiger partial charge is 0.374 e. The summed E-state index contributed by atoms with van der Waals surface area (Å²) in [5, 5.41) is 0. The van der Waals surface area contributed by atoms with E-state index >= 15 is 0 Å². The number of hydrogen-bond acceptors (Lipinski definition) is 1. The van der Waals surface area contributed by atoms with Crippen molar-refractivity contribution in [3.63, 3.8) is 0 Å². The van der Waals surface area contributed by atoms with E-state index in [-0.39, 0.29) is 0 Å². The Kier molecular flexibility index (Phi) is 1.80. The Morgan fingerprint density at radius 1 is 1.42 bits per heavy atom. The van der Waals surface area contributed by atoms with Crippen molar-refractivity contribution in [2.45, 2.75) is 19.8 Å². The molecule has 0 aromatic heterocycles. The molecule has 1 heterocycles. The van der Waals surface area contributed by atoms with Crippen molar-refractivity contribution >= 4 is 5.69 Å². The van der Waals surface area contributed by atoms with Crippen molar-refractivity contribution in [2.75, 3.05) is 18.5 Å². The SMILES string of the molecule is CCc1ccc2c(c1)CCN2C. The molecule has 64 valence electrons. The Morgan fingerprint density at radius 2 is 2.25 bits per heavy atom. The van der Waals surface area contributed by atoms with E-state index in [4.69, 9.17) is 0 Å². The molecule has 1 aromatic carbocycles. The van der Waals surface area contributed by atoms with Crippen LogP contribution in [0.25, 0.3) is 0 Å². The Morgan fingerprint density at radius 3 is 3.00 bits per heavy atom. The lowest BCUT2D eigenvalue weighted by atomic mass is 10.1. The van der Waals surface area contributed by atoms with Gasteiger partial charge < -0.3 is 4.90 Å². The molecule has 12 heavy (non-hydrogen) atoms. The lowest BCUT2D eigenvalue weighted by Crippen LogP contribution is -2.12. The molecule has 0 bridgehead atoms. The first-order chi connectivity index (χ1) is 5.81. The predicted octanol–water partition coefficient (Wildman–Crippen LogP) is 2.24. The molecular weight excluding hydrogens is 146 g/mol. The molecule has 0 saturated carbocycles. The number of nitrogens with zero attached hydrogens (tertiary/aromatic N) is 1. The van der Waals surface area contributed by atoms with E-state index in [9.17, 15) is 0 Å². The third-order valence-electron chi connectivity index (χ3n) is 2.68. The molecule has 2 rings (SSSR count). The highest BCUT2D eigenvalue weighted by molar-refractivity contribution is 5.58. The third-order valence-corrected chi connectivity index (χ3v) is 2.68. The van der Waals surface area contributed by atoms with E-state index in [0.29, 0.717) is 0 Å². The quantitative estimate of drug-likeness (QED) is 0.610. The molecule has 0 aliphatic carbocycles. The van der Waals surface area contributed by atoms with Crippen molar-refractivity contribution in [1.29, 1.82) is 0 Å². The Bertz CT molecular complexity index is 291. The topological polar surface area (TPSA) is 3.24 Å². The van der Waals surface area contributed by atoms with Crippen LogP contribution in [-0.4, -0.2) is 13.6 Å². The highest BCUT2D eigenvalue weighted by Gasteiger charge is 2.14. The summed E-state index contributed by atoms with van der Waals surface area (Å²) >= 11 is 0. The molecule has 1 heteroatoms. The number of likely N-dealkylation sites (N-methyl/N-ethyl adjacent to an activating group) is 1. The van der Waals surface area contributed by atoms with Crippen LogP contribution in [-0.2, 0) is 12.8 Å². The monoisotopic (exact) mass is 161 g/mol. The number of aryl methyl sites for hydroxylation is 1. The third kappa shape index (κ3) is 1.09. The zero-order valence-corrected chi connectivity index (χ0v) is 7.80. The van der Waals surface area contributed by atoms with Crippen molar-refractivity contribution in [1.82, 2.24) is 0 Å². The zero-order valence-electron chi connectivity index (χ0n) is 7.80. The van der Waals surface area contributed by atoms with Crippen LogP contribution < -0.4 is 4.90 Å². The van der Waals surface area contributed by atoms with E-state index in [1.54, 1.807) is 0 Å². The van der Waals surface area contributed by atoms with Gasteiger partial charge in [0.05, 0.1) is 0 Å². The van der Waals surface area contributed by atoms with Gasteiger partial charge in [0.1, 0.15) is 0 Å². The minimum atomic E-state index is 1.15. The van der Waals surface area contributed by atoms with Crippen LogP contribution in [0.5, 0.6) is 0 Å². The number of benzene rings is 1. The molecule has 0 unspecified atom stereocenters. The van der Waals surface area contributed by atoms with Gasteiger partial charge in [0, 0.05) is 19.3 Å². The standard InChI is InChI=1S/C11H15N/c1-3-9-4-5-11-10(8-9)6-7-12(11)2/h4-5,8H,3,6-7H2,1-2H3. The minimum absolute atomic E-state index is 1.15. The summed E-state index contributed by atoms with van der Waals surface area (Å²) in [6.45, 7) is 3.39. The summed E-state index contributed by atoms with van der Waals surface area (Å²) in [6, 6.07) is 6.83. The Balaban J connectivity index is 2.41. The van der Waals surface area contributed by atoms with Gasteiger partial charge in [-0.1, -0.05) is 19.1 Å². The second kappa shape index (κ2) is 2.81. The minimum Gasteiger partial charge on any atom is -0.374 e. The van der Waals surface area contributed by atoms with Gasteiger partial charge in [-0.25, -0.2) is 0 Å². The zero-order chi connectivity index (χ0) is 8.55. The number of fused-ring (bicyclic) bond motifs is 1. The fraction of sp³-hybridized carbons (Fsp3) is 0.455. The second-order valence-electron chi connectivity index (χ2n) is 3.49. The molecule has 0 N–H and O–H groups in total. The first-order valence-electron chi connectivity index (χ1n) is 4.64. The predicted molar refractivity (Wildman–Crippen MR) is 52.8 cm³/mol. The Labute approximate surface area is 74.0 Å². The number of hydrogen-bond donors (Lipinski definition) is 0. The van der Waals surface area contributed by atoms with Crippen molar-refractivity contribution < 1.29 is 0 Å². The fourth-order valence-corrected chi connectivity index (χ4v) is 1.84. The molecule has 0 amide bonds. The van der Waals surface area contributed by atoms with E-state index in [0.717, 1.165) is 6.42 Å². The van der Waals surface area contributed by atoms with Gasteiger partial charge in [0.2, 0.25) is 0 Å². The molecule has 0 spiro atoms. The molecule has 1 aliphatic heterocycles. The van der Waals surface area contributed by atoms with E-state index < -0.39 is 0 Å². The van der Waals surface area contributed by atoms with E-state index in [1.807, 2.05) is 0 Å². The number of anilines is 1. The maximum absolute atomic E-state index is 2.35. The second-order valence-corrected chi connectivity index (χ2v) is 3.49. The molecular formula is C11H15N. The molecule has 0 fully saturated rings. The van der Waals surface area contributed by atoms with Gasteiger partial charge in [-0.15, -0.1) is 0 Å². The molecule has 0 radical (unpaired) electrons. The van der Waals surface area contributed by atoms with Crippen LogP contribution in [0.15, 0.2) is 18.2 Å². The average Bonchev–Trinajstić information content (AvgIpc) is 2.47. The smallest absolute Gasteiger partial charge is 0.0397 e. The summed E-state index contributed by atoms with van der Waals surface area (Å²) in [7, 11) is 2.16. The van der Waals surface area contributed by atoms with E-state index in [2.05, 4.69) is 37.1 Å². The van der Waals surface area contributed by atoms with Crippen molar-refractivity contribution in [3.05, 3.63) is 29.3 Å². The summed E-state index contributed by atoms with van der Waals surface area (Å²) in [6.07, 6.45) is 2.37.